The third-order valence-corrected chi connectivity index (χ3v) is 3.57. The summed E-state index contributed by atoms with van der Waals surface area (Å²) in [6.07, 6.45) is 1.82. The maximum absolute atomic E-state index is 11.7. The second kappa shape index (κ2) is 15.7. The lowest BCUT2D eigenvalue weighted by molar-refractivity contribution is -0.164. The molecule has 0 aliphatic heterocycles. The van der Waals surface area contributed by atoms with Crippen LogP contribution in [0.2, 0.25) is 0 Å². The molecule has 0 aromatic heterocycles. The predicted octanol–water partition coefficient (Wildman–Crippen LogP) is 1.65. The van der Waals surface area contributed by atoms with Crippen molar-refractivity contribution >= 4 is 53.9 Å². The molecule has 0 N–H and O–H groups in total. The van der Waals surface area contributed by atoms with Gasteiger partial charge in [-0.25, -0.2) is 0 Å². The molecule has 1 unspecified atom stereocenters. The Balaban J connectivity index is 4.11. The Hall–Kier alpha value is -1.55. The van der Waals surface area contributed by atoms with Crippen LogP contribution in [0.3, 0.4) is 0 Å². The summed E-state index contributed by atoms with van der Waals surface area (Å²) < 4.78 is 14.7. The number of carbonyl (C=O) groups excluding carboxylic acids is 5. The first-order valence-electron chi connectivity index (χ1n) is 8.19. The van der Waals surface area contributed by atoms with Crippen LogP contribution in [0.1, 0.15) is 51.4 Å². The van der Waals surface area contributed by atoms with Gasteiger partial charge in [-0.3, -0.25) is 24.0 Å². The molecule has 0 amide bonds. The van der Waals surface area contributed by atoms with Crippen LogP contribution in [0.5, 0.6) is 0 Å². The Bertz CT molecular complexity index is 481. The van der Waals surface area contributed by atoms with Gasteiger partial charge < -0.3 is 14.2 Å². The van der Waals surface area contributed by atoms with E-state index in [2.05, 4.69) is 30.0 Å². The zero-order valence-corrected chi connectivity index (χ0v) is 16.2. The number of ether oxygens (including phenoxy) is 3. The molecule has 0 spiro atoms. The van der Waals surface area contributed by atoms with Gasteiger partial charge in [-0.15, -0.1) is 25.3 Å². The van der Waals surface area contributed by atoms with Crippen LogP contribution in [-0.4, -0.2) is 48.0 Å². The number of carbonyl (C=O) groups is 5. The first-order valence-corrected chi connectivity index (χ1v) is 9.08. The standard InChI is InChI=1S/C16H24O8S2/c17-11-22-9-12(24-14(19)6-2-4-8-16(21)26)10-23-13(18)5-1-3-7-15(20)25/h11-12H,1-10H2,(H,20,25)(H,21,26). The average Bonchev–Trinajstić information content (AvgIpc) is 2.57. The zero-order chi connectivity index (χ0) is 19.8. The lowest BCUT2D eigenvalue weighted by atomic mass is 10.2. The van der Waals surface area contributed by atoms with Crippen molar-refractivity contribution in [3.63, 3.8) is 0 Å². The summed E-state index contributed by atoms with van der Waals surface area (Å²) in [6.45, 7) is -0.264. The van der Waals surface area contributed by atoms with E-state index in [1.807, 2.05) is 0 Å². The Kier molecular flexibility index (Phi) is 14.8. The summed E-state index contributed by atoms with van der Waals surface area (Å²) in [7, 11) is 0. The minimum absolute atomic E-state index is 0.0876. The molecule has 0 aliphatic carbocycles. The van der Waals surface area contributed by atoms with Gasteiger partial charge in [0.15, 0.2) is 16.3 Å². The molecule has 8 nitrogen and oxygen atoms in total. The molecule has 0 saturated carbocycles. The van der Waals surface area contributed by atoms with Crippen LogP contribution in [0.4, 0.5) is 0 Å². The normalized spacial score (nSPS) is 11.3. The van der Waals surface area contributed by atoms with Gasteiger partial charge >= 0.3 is 11.9 Å². The van der Waals surface area contributed by atoms with E-state index in [1.54, 1.807) is 0 Å². The van der Waals surface area contributed by atoms with E-state index in [0.717, 1.165) is 0 Å². The summed E-state index contributed by atoms with van der Waals surface area (Å²) in [6, 6.07) is 0. The highest BCUT2D eigenvalue weighted by Gasteiger charge is 2.18. The Labute approximate surface area is 163 Å². The fraction of sp³-hybridized carbons (Fsp3) is 0.688. The van der Waals surface area contributed by atoms with Crippen LogP contribution in [-0.2, 0) is 38.2 Å². The van der Waals surface area contributed by atoms with Crippen molar-refractivity contribution in [1.82, 2.24) is 0 Å². The highest BCUT2D eigenvalue weighted by molar-refractivity contribution is 7.96. The zero-order valence-electron chi connectivity index (χ0n) is 14.4. The van der Waals surface area contributed by atoms with Crippen molar-refractivity contribution in [2.45, 2.75) is 57.5 Å². The van der Waals surface area contributed by atoms with Crippen molar-refractivity contribution in [3.05, 3.63) is 0 Å². The number of unbranched alkanes of at least 4 members (excludes halogenated alkanes) is 2. The number of hydrogen-bond acceptors (Lipinski definition) is 8. The molecule has 0 fully saturated rings. The average molecular weight is 408 g/mol. The van der Waals surface area contributed by atoms with Crippen molar-refractivity contribution < 1.29 is 38.2 Å². The van der Waals surface area contributed by atoms with Gasteiger partial charge in [0, 0.05) is 25.7 Å². The minimum atomic E-state index is -0.901. The maximum Gasteiger partial charge on any atom is 0.306 e. The lowest BCUT2D eigenvalue weighted by Crippen LogP contribution is -2.29. The number of hydrogen-bond donors (Lipinski definition) is 2. The van der Waals surface area contributed by atoms with Crippen LogP contribution in [0.15, 0.2) is 0 Å². The van der Waals surface area contributed by atoms with Gasteiger partial charge in [0.25, 0.3) is 6.47 Å². The van der Waals surface area contributed by atoms with Crippen molar-refractivity contribution in [3.8, 4) is 0 Å². The second-order valence-corrected chi connectivity index (χ2v) is 6.42. The summed E-state index contributed by atoms with van der Waals surface area (Å²) in [5, 5.41) is -0.489. The molecular weight excluding hydrogens is 384 g/mol. The van der Waals surface area contributed by atoms with Crippen LogP contribution < -0.4 is 0 Å². The van der Waals surface area contributed by atoms with Crippen molar-refractivity contribution in [1.29, 1.82) is 0 Å². The van der Waals surface area contributed by atoms with E-state index in [1.165, 1.54) is 0 Å². The largest absolute Gasteiger partial charge is 0.464 e. The molecule has 0 rings (SSSR count). The van der Waals surface area contributed by atoms with Gasteiger partial charge in [-0.05, 0) is 25.7 Å². The molecule has 148 valence electrons. The quantitative estimate of drug-likeness (QED) is 0.130. The first-order chi connectivity index (χ1) is 12.3. The number of esters is 2. The summed E-state index contributed by atoms with van der Waals surface area (Å²) in [5.41, 5.74) is 0. The van der Waals surface area contributed by atoms with Gasteiger partial charge in [0.1, 0.15) is 13.2 Å². The van der Waals surface area contributed by atoms with Gasteiger partial charge in [-0.1, -0.05) is 0 Å². The monoisotopic (exact) mass is 408 g/mol. The SMILES string of the molecule is O=COCC(COC(=O)CCCCC(=O)S)OC(=O)CCCCC(=O)S. The third-order valence-electron chi connectivity index (χ3n) is 3.12. The van der Waals surface area contributed by atoms with Crippen LogP contribution >= 0.6 is 25.3 Å². The Morgan fingerprint density at radius 1 is 0.769 bits per heavy atom. The molecule has 0 saturated heterocycles. The fourth-order valence-electron chi connectivity index (χ4n) is 1.86. The molecule has 10 heteroatoms. The van der Waals surface area contributed by atoms with E-state index >= 15 is 0 Å². The summed E-state index contributed by atoms with van der Waals surface area (Å²) >= 11 is 7.26. The van der Waals surface area contributed by atoms with Crippen LogP contribution in [0.25, 0.3) is 0 Å². The molecular formula is C16H24O8S2. The molecule has 0 aromatic rings. The predicted molar refractivity (Wildman–Crippen MR) is 97.8 cm³/mol. The van der Waals surface area contributed by atoms with E-state index in [-0.39, 0.29) is 55.6 Å². The van der Waals surface area contributed by atoms with Gasteiger partial charge in [0.2, 0.25) is 0 Å². The third kappa shape index (κ3) is 15.9. The molecule has 1 atom stereocenters. The van der Waals surface area contributed by atoms with Crippen LogP contribution in [0, 0.1) is 0 Å². The number of thiol groups is 2. The van der Waals surface area contributed by atoms with E-state index in [0.29, 0.717) is 25.7 Å². The van der Waals surface area contributed by atoms with Gasteiger partial charge in [-0.2, -0.15) is 0 Å². The Morgan fingerprint density at radius 2 is 1.27 bits per heavy atom. The van der Waals surface area contributed by atoms with Crippen molar-refractivity contribution in [2.75, 3.05) is 13.2 Å². The van der Waals surface area contributed by atoms with E-state index in [9.17, 15) is 24.0 Å². The van der Waals surface area contributed by atoms with Crippen molar-refractivity contribution in [2.24, 2.45) is 0 Å². The second-order valence-electron chi connectivity index (χ2n) is 5.43. The molecule has 26 heavy (non-hydrogen) atoms. The number of rotatable bonds is 16. The highest BCUT2D eigenvalue weighted by Crippen LogP contribution is 2.07. The highest BCUT2D eigenvalue weighted by atomic mass is 32.1. The molecule has 0 heterocycles. The van der Waals surface area contributed by atoms with E-state index < -0.39 is 18.0 Å². The minimum Gasteiger partial charge on any atom is -0.464 e. The molecule has 0 aliphatic rings. The molecule has 0 bridgehead atoms. The van der Waals surface area contributed by atoms with E-state index in [4.69, 9.17) is 9.47 Å². The fourth-order valence-corrected chi connectivity index (χ4v) is 2.17. The van der Waals surface area contributed by atoms with Gasteiger partial charge in [0.05, 0.1) is 0 Å². The first kappa shape index (κ1) is 24.5. The Morgan fingerprint density at radius 3 is 1.77 bits per heavy atom. The maximum atomic E-state index is 11.7. The molecule has 0 aromatic carbocycles. The smallest absolute Gasteiger partial charge is 0.306 e. The molecule has 0 radical (unpaired) electrons. The summed E-state index contributed by atoms with van der Waals surface area (Å²) in [4.78, 5) is 55.0. The summed E-state index contributed by atoms with van der Waals surface area (Å²) in [5.74, 6) is -1.05. The lowest BCUT2D eigenvalue weighted by Gasteiger charge is -2.17. The topological polar surface area (TPSA) is 113 Å².